The molecule has 34 heavy (non-hydrogen) atoms. The number of hydrogen-bond acceptors (Lipinski definition) is 7. The summed E-state index contributed by atoms with van der Waals surface area (Å²) in [6.45, 7) is 3.30. The summed E-state index contributed by atoms with van der Waals surface area (Å²) in [6, 6.07) is 14.0. The fourth-order valence-corrected chi connectivity index (χ4v) is 4.23. The van der Waals surface area contributed by atoms with Crippen LogP contribution in [0.1, 0.15) is 30.1 Å². The molecule has 1 fully saturated rings. The Labute approximate surface area is 194 Å². The van der Waals surface area contributed by atoms with Gasteiger partial charge in [0.1, 0.15) is 6.54 Å². The molecule has 1 saturated heterocycles. The third kappa shape index (κ3) is 3.87. The summed E-state index contributed by atoms with van der Waals surface area (Å²) in [6.07, 6.45) is 2.10. The smallest absolute Gasteiger partial charge is 0.351 e. The third-order valence-corrected chi connectivity index (χ3v) is 5.78. The summed E-state index contributed by atoms with van der Waals surface area (Å²) in [4.78, 5) is 45.3. The summed E-state index contributed by atoms with van der Waals surface area (Å²) >= 11 is 0. The summed E-state index contributed by atoms with van der Waals surface area (Å²) in [7, 11) is 0. The van der Waals surface area contributed by atoms with Gasteiger partial charge < -0.3 is 15.0 Å². The number of carbonyl (C=O) groups is 2. The van der Waals surface area contributed by atoms with E-state index in [9.17, 15) is 14.4 Å². The maximum atomic E-state index is 13.3. The molecule has 1 amide bonds. The van der Waals surface area contributed by atoms with Gasteiger partial charge in [0.15, 0.2) is 5.82 Å². The Morgan fingerprint density at radius 3 is 2.59 bits per heavy atom. The van der Waals surface area contributed by atoms with Crippen LogP contribution in [0.25, 0.3) is 16.7 Å². The van der Waals surface area contributed by atoms with Crippen LogP contribution in [0.15, 0.2) is 53.3 Å². The van der Waals surface area contributed by atoms with Crippen molar-refractivity contribution in [2.45, 2.75) is 26.3 Å². The largest absolute Gasteiger partial charge is 0.462 e. The van der Waals surface area contributed by atoms with Crippen molar-refractivity contribution in [2.24, 2.45) is 0 Å². The molecule has 1 aliphatic heterocycles. The van der Waals surface area contributed by atoms with Crippen molar-refractivity contribution in [3.63, 3.8) is 0 Å². The third-order valence-electron chi connectivity index (χ3n) is 5.78. The van der Waals surface area contributed by atoms with Gasteiger partial charge in [-0.3, -0.25) is 4.79 Å². The first-order chi connectivity index (χ1) is 16.6. The molecular weight excluding hydrogens is 436 g/mol. The van der Waals surface area contributed by atoms with E-state index >= 15 is 0 Å². The highest BCUT2D eigenvalue weighted by Gasteiger charge is 2.23. The van der Waals surface area contributed by atoms with Crippen LogP contribution in [0, 0.1) is 0 Å². The maximum Gasteiger partial charge on any atom is 0.351 e. The van der Waals surface area contributed by atoms with E-state index in [0.29, 0.717) is 28.2 Å². The van der Waals surface area contributed by atoms with Crippen LogP contribution in [0.2, 0.25) is 0 Å². The van der Waals surface area contributed by atoms with Crippen LogP contribution in [-0.2, 0) is 16.1 Å². The average molecular weight is 460 g/mol. The zero-order valence-electron chi connectivity index (χ0n) is 18.7. The van der Waals surface area contributed by atoms with E-state index in [1.54, 1.807) is 31.2 Å². The standard InChI is InChI=1S/C24H24N6O4/c1-2-34-23(32)16-9-3-4-10-17(16)25-20(31)15-29-24(33)30-19-12-6-5-11-18(19)26-21(22(30)27-29)28-13-7-8-14-28/h3-6,9-12H,2,7-8,13-15H2,1H3,(H,25,31). The average Bonchev–Trinajstić information content (AvgIpc) is 3.48. The Morgan fingerprint density at radius 2 is 1.79 bits per heavy atom. The van der Waals surface area contributed by atoms with Gasteiger partial charge in [-0.25, -0.2) is 23.7 Å². The van der Waals surface area contributed by atoms with Gasteiger partial charge >= 0.3 is 11.7 Å². The van der Waals surface area contributed by atoms with E-state index in [4.69, 9.17) is 9.72 Å². The minimum atomic E-state index is -0.531. The number of hydrogen-bond donors (Lipinski definition) is 1. The minimum absolute atomic E-state index is 0.221. The monoisotopic (exact) mass is 460 g/mol. The lowest BCUT2D eigenvalue weighted by molar-refractivity contribution is -0.117. The number of carbonyl (C=O) groups excluding carboxylic acids is 2. The first-order valence-electron chi connectivity index (χ1n) is 11.3. The highest BCUT2D eigenvalue weighted by atomic mass is 16.5. The Kier molecular flexibility index (Phi) is 5.70. The number of fused-ring (bicyclic) bond motifs is 3. The van der Waals surface area contributed by atoms with Crippen LogP contribution < -0.4 is 15.9 Å². The molecule has 0 saturated carbocycles. The predicted octanol–water partition coefficient (Wildman–Crippen LogP) is 2.46. The number of ether oxygens (including phenoxy) is 1. The van der Waals surface area contributed by atoms with Crippen molar-refractivity contribution in [1.29, 1.82) is 0 Å². The number of anilines is 2. The Balaban J connectivity index is 1.51. The Hall–Kier alpha value is -4.21. The molecule has 2 aromatic carbocycles. The number of nitrogens with zero attached hydrogens (tertiary/aromatic N) is 5. The molecule has 10 nitrogen and oxygen atoms in total. The molecule has 174 valence electrons. The number of esters is 1. The van der Waals surface area contributed by atoms with Gasteiger partial charge in [0.2, 0.25) is 11.6 Å². The van der Waals surface area contributed by atoms with Crippen molar-refractivity contribution < 1.29 is 14.3 Å². The van der Waals surface area contributed by atoms with Gasteiger partial charge in [0.25, 0.3) is 0 Å². The number of amides is 1. The number of para-hydroxylation sites is 3. The van der Waals surface area contributed by atoms with Gasteiger partial charge in [-0.15, -0.1) is 5.10 Å². The molecule has 0 unspecified atom stereocenters. The van der Waals surface area contributed by atoms with Crippen molar-refractivity contribution in [3.05, 3.63) is 64.6 Å². The van der Waals surface area contributed by atoms with Crippen LogP contribution in [0.3, 0.4) is 0 Å². The van der Waals surface area contributed by atoms with E-state index in [0.717, 1.165) is 30.6 Å². The molecule has 1 N–H and O–H groups in total. The molecule has 3 heterocycles. The fraction of sp³-hybridized carbons (Fsp3) is 0.292. The molecule has 0 spiro atoms. The van der Waals surface area contributed by atoms with Crippen molar-refractivity contribution in [1.82, 2.24) is 19.2 Å². The van der Waals surface area contributed by atoms with E-state index < -0.39 is 17.6 Å². The lowest BCUT2D eigenvalue weighted by atomic mass is 10.2. The molecule has 2 aromatic heterocycles. The SMILES string of the molecule is CCOC(=O)c1ccccc1NC(=O)Cn1nc2c(N3CCCC3)nc3ccccc3n2c1=O. The second-order valence-electron chi connectivity index (χ2n) is 8.03. The lowest BCUT2D eigenvalue weighted by Crippen LogP contribution is -2.29. The normalized spacial score (nSPS) is 13.5. The predicted molar refractivity (Wildman–Crippen MR) is 127 cm³/mol. The van der Waals surface area contributed by atoms with Gasteiger partial charge in [0.05, 0.1) is 28.9 Å². The summed E-state index contributed by atoms with van der Waals surface area (Å²) in [5.41, 5.74) is 1.86. The highest BCUT2D eigenvalue weighted by molar-refractivity contribution is 6.01. The van der Waals surface area contributed by atoms with Gasteiger partial charge in [-0.2, -0.15) is 0 Å². The van der Waals surface area contributed by atoms with Gasteiger partial charge in [-0.1, -0.05) is 24.3 Å². The molecule has 0 radical (unpaired) electrons. The van der Waals surface area contributed by atoms with Gasteiger partial charge in [-0.05, 0) is 44.0 Å². The highest BCUT2D eigenvalue weighted by Crippen LogP contribution is 2.25. The molecule has 0 atom stereocenters. The lowest BCUT2D eigenvalue weighted by Gasteiger charge is -2.17. The van der Waals surface area contributed by atoms with E-state index in [-0.39, 0.29) is 18.7 Å². The van der Waals surface area contributed by atoms with Gasteiger partial charge in [0, 0.05) is 13.1 Å². The second kappa shape index (κ2) is 8.97. The molecule has 0 bridgehead atoms. The first kappa shape index (κ1) is 21.6. The van der Waals surface area contributed by atoms with Crippen LogP contribution in [-0.4, -0.2) is 50.7 Å². The molecule has 5 rings (SSSR count). The van der Waals surface area contributed by atoms with Crippen LogP contribution in [0.4, 0.5) is 11.5 Å². The topological polar surface area (TPSA) is 111 Å². The van der Waals surface area contributed by atoms with Crippen molar-refractivity contribution >= 4 is 40.1 Å². The molecule has 10 heteroatoms. The second-order valence-corrected chi connectivity index (χ2v) is 8.03. The zero-order chi connectivity index (χ0) is 23.7. The Bertz CT molecular complexity index is 1450. The number of rotatable bonds is 6. The molecular formula is C24H24N6O4. The summed E-state index contributed by atoms with van der Waals surface area (Å²) in [5, 5.41) is 7.19. The van der Waals surface area contributed by atoms with E-state index in [2.05, 4.69) is 15.3 Å². The number of benzene rings is 2. The number of aromatic nitrogens is 4. The quantitative estimate of drug-likeness (QED) is 0.440. The molecule has 4 aromatic rings. The fourth-order valence-electron chi connectivity index (χ4n) is 4.23. The van der Waals surface area contributed by atoms with Crippen LogP contribution in [0.5, 0.6) is 0 Å². The zero-order valence-corrected chi connectivity index (χ0v) is 18.7. The number of nitrogens with one attached hydrogen (secondary N) is 1. The minimum Gasteiger partial charge on any atom is -0.462 e. The van der Waals surface area contributed by atoms with Crippen molar-refractivity contribution in [3.8, 4) is 0 Å². The van der Waals surface area contributed by atoms with Crippen LogP contribution >= 0.6 is 0 Å². The first-order valence-corrected chi connectivity index (χ1v) is 11.3. The molecule has 0 aliphatic carbocycles. The maximum absolute atomic E-state index is 13.3. The molecule has 1 aliphatic rings. The van der Waals surface area contributed by atoms with Crippen molar-refractivity contribution in [2.75, 3.05) is 29.9 Å². The summed E-state index contributed by atoms with van der Waals surface area (Å²) < 4.78 is 7.70. The Morgan fingerprint density at radius 1 is 1.06 bits per heavy atom. The summed E-state index contributed by atoms with van der Waals surface area (Å²) in [5.74, 6) is -0.376. The van der Waals surface area contributed by atoms with E-state index in [1.165, 1.54) is 4.40 Å². The van der Waals surface area contributed by atoms with E-state index in [1.807, 2.05) is 24.3 Å².